The second-order valence-corrected chi connectivity index (χ2v) is 7.27. The summed E-state index contributed by atoms with van der Waals surface area (Å²) in [6.45, 7) is 19.3. The van der Waals surface area contributed by atoms with Crippen LogP contribution < -0.4 is 0 Å². The van der Waals surface area contributed by atoms with Crippen molar-refractivity contribution in [3.63, 3.8) is 0 Å². The molecule has 0 aliphatic heterocycles. The largest absolute Gasteiger partial charge is 0.261 e. The third-order valence-corrected chi connectivity index (χ3v) is 3.72. The van der Waals surface area contributed by atoms with Gasteiger partial charge in [0, 0.05) is 6.21 Å². The molecule has 0 radical (unpaired) electrons. The van der Waals surface area contributed by atoms with E-state index in [-0.39, 0.29) is 0 Å². The van der Waals surface area contributed by atoms with Crippen molar-refractivity contribution in [3.8, 4) is 0 Å². The maximum Gasteiger partial charge on any atom is 0.0640 e. The molecule has 1 nitrogen and oxygen atoms in total. The SMILES string of the molecule is C=C(C)/C(N=CC)=C(/CCC(C)C)CC(C)C/C=C\C=C(C)C. The Kier molecular flexibility index (Phi) is 11.4. The Morgan fingerprint density at radius 1 is 1.13 bits per heavy atom. The molecule has 0 aromatic rings. The smallest absolute Gasteiger partial charge is 0.0640 e. The van der Waals surface area contributed by atoms with Gasteiger partial charge in [-0.25, -0.2) is 0 Å². The number of hydrogen-bond acceptors (Lipinski definition) is 1. The highest BCUT2D eigenvalue weighted by Gasteiger charge is 2.12. The van der Waals surface area contributed by atoms with E-state index in [0.29, 0.717) is 5.92 Å². The van der Waals surface area contributed by atoms with Crippen molar-refractivity contribution in [2.24, 2.45) is 16.8 Å². The first-order chi connectivity index (χ1) is 10.8. The van der Waals surface area contributed by atoms with E-state index in [2.05, 4.69) is 71.3 Å². The maximum absolute atomic E-state index is 4.60. The van der Waals surface area contributed by atoms with E-state index >= 15 is 0 Å². The van der Waals surface area contributed by atoms with Crippen LogP contribution in [0.1, 0.15) is 74.1 Å². The zero-order chi connectivity index (χ0) is 17.8. The molecule has 0 aromatic heterocycles. The molecule has 0 fully saturated rings. The molecule has 0 amide bonds. The number of rotatable bonds is 10. The number of nitrogens with zero attached hydrogens (tertiary/aromatic N) is 1. The quantitative estimate of drug-likeness (QED) is 0.296. The number of aliphatic imine (C=N–C) groups is 1. The second kappa shape index (κ2) is 12.1. The van der Waals surface area contributed by atoms with Crippen molar-refractivity contribution in [2.75, 3.05) is 0 Å². The van der Waals surface area contributed by atoms with Gasteiger partial charge in [-0.05, 0) is 76.4 Å². The molecule has 0 spiro atoms. The molecule has 0 aliphatic rings. The molecule has 1 atom stereocenters. The molecule has 0 rings (SSSR count). The zero-order valence-electron chi connectivity index (χ0n) is 16.4. The van der Waals surface area contributed by atoms with E-state index in [1.54, 1.807) is 0 Å². The summed E-state index contributed by atoms with van der Waals surface area (Å²) in [5.74, 6) is 1.34. The van der Waals surface area contributed by atoms with Gasteiger partial charge < -0.3 is 0 Å². The van der Waals surface area contributed by atoms with Crippen LogP contribution in [0.25, 0.3) is 0 Å². The fourth-order valence-electron chi connectivity index (χ4n) is 2.49. The fraction of sp³-hybridized carbons (Fsp3) is 0.591. The van der Waals surface area contributed by atoms with Crippen LogP contribution >= 0.6 is 0 Å². The van der Waals surface area contributed by atoms with Crippen molar-refractivity contribution in [3.05, 3.63) is 47.2 Å². The van der Waals surface area contributed by atoms with Crippen molar-refractivity contribution >= 4 is 6.21 Å². The normalized spacial score (nSPS) is 14.4. The summed E-state index contributed by atoms with van der Waals surface area (Å²) < 4.78 is 0. The van der Waals surface area contributed by atoms with Crippen molar-refractivity contribution in [2.45, 2.75) is 74.1 Å². The Labute approximate surface area is 145 Å². The minimum absolute atomic E-state index is 0.625. The second-order valence-electron chi connectivity index (χ2n) is 7.27. The predicted molar refractivity (Wildman–Crippen MR) is 107 cm³/mol. The number of allylic oxidation sites excluding steroid dienone is 6. The van der Waals surface area contributed by atoms with Crippen LogP contribution in [0.15, 0.2) is 52.2 Å². The maximum atomic E-state index is 4.60. The van der Waals surface area contributed by atoms with Gasteiger partial charge in [0.05, 0.1) is 5.70 Å². The predicted octanol–water partition coefficient (Wildman–Crippen LogP) is 7.28. The monoisotopic (exact) mass is 315 g/mol. The van der Waals surface area contributed by atoms with E-state index in [0.717, 1.165) is 36.5 Å². The van der Waals surface area contributed by atoms with Gasteiger partial charge in [0.2, 0.25) is 0 Å². The van der Waals surface area contributed by atoms with Gasteiger partial charge in [-0.3, -0.25) is 4.99 Å². The lowest BCUT2D eigenvalue weighted by atomic mass is 9.90. The third-order valence-electron chi connectivity index (χ3n) is 3.72. The molecule has 0 bridgehead atoms. The molecule has 0 aliphatic carbocycles. The summed E-state index contributed by atoms with van der Waals surface area (Å²) >= 11 is 0. The van der Waals surface area contributed by atoms with Crippen molar-refractivity contribution < 1.29 is 0 Å². The van der Waals surface area contributed by atoms with Gasteiger partial charge in [0.1, 0.15) is 0 Å². The average Bonchev–Trinajstić information content (AvgIpc) is 2.45. The van der Waals surface area contributed by atoms with Gasteiger partial charge in [0.25, 0.3) is 0 Å². The topological polar surface area (TPSA) is 12.4 Å². The molecule has 130 valence electrons. The number of hydrogen-bond donors (Lipinski definition) is 0. The Morgan fingerprint density at radius 2 is 1.78 bits per heavy atom. The summed E-state index contributed by atoms with van der Waals surface area (Å²) in [7, 11) is 0. The van der Waals surface area contributed by atoms with Gasteiger partial charge in [-0.2, -0.15) is 0 Å². The van der Waals surface area contributed by atoms with Crippen LogP contribution in [-0.2, 0) is 0 Å². The molecular formula is C22H37N. The van der Waals surface area contributed by atoms with Crippen LogP contribution in [0.5, 0.6) is 0 Å². The van der Waals surface area contributed by atoms with Gasteiger partial charge in [-0.1, -0.05) is 51.2 Å². The van der Waals surface area contributed by atoms with E-state index in [9.17, 15) is 0 Å². The zero-order valence-corrected chi connectivity index (χ0v) is 16.4. The lowest BCUT2D eigenvalue weighted by Gasteiger charge is -2.17. The first kappa shape index (κ1) is 21.6. The lowest BCUT2D eigenvalue weighted by molar-refractivity contribution is 0.532. The van der Waals surface area contributed by atoms with Crippen LogP contribution in [0.3, 0.4) is 0 Å². The molecule has 0 heterocycles. The molecule has 0 aromatic carbocycles. The molecule has 1 heteroatoms. The Morgan fingerprint density at radius 3 is 2.26 bits per heavy atom. The van der Waals surface area contributed by atoms with E-state index in [1.165, 1.54) is 17.6 Å². The lowest BCUT2D eigenvalue weighted by Crippen LogP contribution is -2.02. The molecule has 23 heavy (non-hydrogen) atoms. The van der Waals surface area contributed by atoms with E-state index in [1.807, 2.05) is 13.1 Å². The Bertz CT molecular complexity index is 468. The highest BCUT2D eigenvalue weighted by Crippen LogP contribution is 2.28. The highest BCUT2D eigenvalue weighted by atomic mass is 14.7. The van der Waals surface area contributed by atoms with Crippen LogP contribution in [0.4, 0.5) is 0 Å². The first-order valence-electron chi connectivity index (χ1n) is 8.94. The summed E-state index contributed by atoms with van der Waals surface area (Å²) in [6.07, 6.45) is 13.1. The summed E-state index contributed by atoms with van der Waals surface area (Å²) in [4.78, 5) is 4.60. The standard InChI is InChI=1S/C22H37N/c1-9-23-22(19(6)7)21(15-14-18(4)5)16-20(8)13-11-10-12-17(2)3/h9-12,18,20H,6,13-16H2,1-5,7-8H3/b11-10-,22-21+,23-9?. The average molecular weight is 316 g/mol. The first-order valence-corrected chi connectivity index (χ1v) is 8.94. The molecule has 0 N–H and O–H groups in total. The Balaban J connectivity index is 5.07. The van der Waals surface area contributed by atoms with Gasteiger partial charge in [-0.15, -0.1) is 0 Å². The summed E-state index contributed by atoms with van der Waals surface area (Å²) in [5, 5.41) is 0. The molecule has 0 saturated heterocycles. The summed E-state index contributed by atoms with van der Waals surface area (Å²) in [5.41, 5.74) is 5.00. The minimum atomic E-state index is 0.625. The minimum Gasteiger partial charge on any atom is -0.261 e. The third kappa shape index (κ3) is 10.9. The Hall–Kier alpha value is -1.37. The molecule has 1 unspecified atom stereocenters. The van der Waals surface area contributed by atoms with Crippen LogP contribution in [0, 0.1) is 11.8 Å². The van der Waals surface area contributed by atoms with Crippen LogP contribution in [0.2, 0.25) is 0 Å². The molecule has 0 saturated carbocycles. The highest BCUT2D eigenvalue weighted by molar-refractivity contribution is 5.57. The van der Waals surface area contributed by atoms with Crippen LogP contribution in [-0.4, -0.2) is 6.21 Å². The summed E-state index contributed by atoms with van der Waals surface area (Å²) in [6, 6.07) is 0. The van der Waals surface area contributed by atoms with Crippen molar-refractivity contribution in [1.82, 2.24) is 0 Å². The van der Waals surface area contributed by atoms with Gasteiger partial charge in [0.15, 0.2) is 0 Å². The molecular weight excluding hydrogens is 278 g/mol. The fourth-order valence-corrected chi connectivity index (χ4v) is 2.49. The van der Waals surface area contributed by atoms with Crippen molar-refractivity contribution in [1.29, 1.82) is 0 Å². The van der Waals surface area contributed by atoms with Gasteiger partial charge >= 0.3 is 0 Å². The van der Waals surface area contributed by atoms with E-state index in [4.69, 9.17) is 0 Å². The van der Waals surface area contributed by atoms with E-state index < -0.39 is 0 Å².